The predicted octanol–water partition coefficient (Wildman–Crippen LogP) is 1.23. The summed E-state index contributed by atoms with van der Waals surface area (Å²) in [5.41, 5.74) is 0. The Balaban J connectivity index is 3.30. The Morgan fingerprint density at radius 2 is 2.20 bits per heavy atom. The van der Waals surface area contributed by atoms with E-state index in [4.69, 9.17) is 0 Å². The molecule has 0 saturated heterocycles. The van der Waals surface area contributed by atoms with Gasteiger partial charge >= 0.3 is 6.03 Å². The predicted molar refractivity (Wildman–Crippen MR) is 41.6 cm³/mol. The van der Waals surface area contributed by atoms with Gasteiger partial charge in [-0.2, -0.15) is 0 Å². The summed E-state index contributed by atoms with van der Waals surface area (Å²) in [6, 6.07) is -0.146. The summed E-state index contributed by atoms with van der Waals surface area (Å²) < 4.78 is 0. The van der Waals surface area contributed by atoms with Gasteiger partial charge in [-0.3, -0.25) is 0 Å². The summed E-state index contributed by atoms with van der Waals surface area (Å²) in [4.78, 5) is 10.6. The number of rotatable bonds is 3. The molecule has 0 fully saturated rings. The van der Waals surface area contributed by atoms with Gasteiger partial charge in [0.05, 0.1) is 0 Å². The second-order valence-corrected chi connectivity index (χ2v) is 1.81. The van der Waals surface area contributed by atoms with E-state index < -0.39 is 0 Å². The first-order chi connectivity index (χ1) is 4.81. The zero-order chi connectivity index (χ0) is 7.82. The lowest BCUT2D eigenvalue weighted by atomic mass is 10.5. The van der Waals surface area contributed by atoms with E-state index in [2.05, 4.69) is 10.6 Å². The van der Waals surface area contributed by atoms with Gasteiger partial charge in [-0.1, -0.05) is 13.0 Å². The molecule has 0 aliphatic rings. The molecule has 0 bridgehead atoms. The average molecular weight is 142 g/mol. The minimum Gasteiger partial charge on any atom is -0.338 e. The molecule has 3 heteroatoms. The van der Waals surface area contributed by atoms with Crippen LogP contribution in [0, 0.1) is 0 Å². The molecule has 0 aromatic carbocycles. The second-order valence-electron chi connectivity index (χ2n) is 1.81. The first-order valence-corrected chi connectivity index (χ1v) is 3.50. The second kappa shape index (κ2) is 6.13. The Kier molecular flexibility index (Phi) is 5.53. The van der Waals surface area contributed by atoms with E-state index in [0.717, 1.165) is 6.42 Å². The molecule has 2 amide bonds. The van der Waals surface area contributed by atoms with Crippen molar-refractivity contribution in [1.82, 2.24) is 10.6 Å². The molecule has 2 N–H and O–H groups in total. The van der Waals surface area contributed by atoms with Crippen molar-refractivity contribution in [2.75, 3.05) is 6.54 Å². The third-order valence-electron chi connectivity index (χ3n) is 0.905. The molecule has 0 radical (unpaired) electrons. The number of hydrogen-bond donors (Lipinski definition) is 2. The van der Waals surface area contributed by atoms with Crippen LogP contribution < -0.4 is 10.6 Å². The molecule has 0 atom stereocenters. The Morgan fingerprint density at radius 1 is 1.50 bits per heavy atom. The van der Waals surface area contributed by atoms with Gasteiger partial charge < -0.3 is 10.6 Å². The molecule has 0 aliphatic carbocycles. The Bertz CT molecular complexity index is 121. The van der Waals surface area contributed by atoms with Crippen LogP contribution >= 0.6 is 0 Å². The van der Waals surface area contributed by atoms with Crippen LogP contribution in [0.3, 0.4) is 0 Å². The van der Waals surface area contributed by atoms with Crippen LogP contribution in [0.2, 0.25) is 0 Å². The van der Waals surface area contributed by atoms with Crippen LogP contribution in [0.15, 0.2) is 12.3 Å². The van der Waals surface area contributed by atoms with Gasteiger partial charge in [0.2, 0.25) is 0 Å². The summed E-state index contributed by atoms with van der Waals surface area (Å²) in [6.45, 7) is 4.55. The van der Waals surface area contributed by atoms with Gasteiger partial charge in [0.15, 0.2) is 0 Å². The van der Waals surface area contributed by atoms with E-state index in [9.17, 15) is 4.79 Å². The van der Waals surface area contributed by atoms with E-state index in [1.807, 2.05) is 19.9 Å². The molecule has 0 rings (SSSR count). The summed E-state index contributed by atoms with van der Waals surface area (Å²) in [5, 5.41) is 5.16. The highest BCUT2D eigenvalue weighted by atomic mass is 16.2. The Hall–Kier alpha value is -0.990. The van der Waals surface area contributed by atoms with E-state index in [0.29, 0.717) is 6.54 Å². The molecule has 0 heterocycles. The van der Waals surface area contributed by atoms with E-state index in [1.54, 1.807) is 6.20 Å². The molecule has 0 saturated carbocycles. The van der Waals surface area contributed by atoms with Crippen molar-refractivity contribution in [2.24, 2.45) is 0 Å². The monoisotopic (exact) mass is 142 g/mol. The van der Waals surface area contributed by atoms with Gasteiger partial charge in [0, 0.05) is 12.7 Å². The molecule has 3 nitrogen and oxygen atoms in total. The number of hydrogen-bond acceptors (Lipinski definition) is 1. The molecule has 58 valence electrons. The van der Waals surface area contributed by atoms with Crippen molar-refractivity contribution in [3.8, 4) is 0 Å². The van der Waals surface area contributed by atoms with Crippen LogP contribution in [-0.2, 0) is 0 Å². The first-order valence-electron chi connectivity index (χ1n) is 3.50. The van der Waals surface area contributed by atoms with Crippen LogP contribution in [0.5, 0.6) is 0 Å². The molecule has 0 aromatic heterocycles. The minimum absolute atomic E-state index is 0.146. The Labute approximate surface area is 61.5 Å². The van der Waals surface area contributed by atoms with Crippen LogP contribution in [0.1, 0.15) is 20.3 Å². The molecule has 0 unspecified atom stereocenters. The van der Waals surface area contributed by atoms with Crippen molar-refractivity contribution in [1.29, 1.82) is 0 Å². The summed E-state index contributed by atoms with van der Waals surface area (Å²) in [5.74, 6) is 0. The smallest absolute Gasteiger partial charge is 0.318 e. The quantitative estimate of drug-likeness (QED) is 0.611. The molecule has 0 aliphatic heterocycles. The maximum Gasteiger partial charge on any atom is 0.318 e. The van der Waals surface area contributed by atoms with Crippen LogP contribution in [-0.4, -0.2) is 12.6 Å². The molecule has 0 aromatic rings. The number of allylic oxidation sites excluding steroid dienone is 1. The normalized spacial score (nSPS) is 9.80. The van der Waals surface area contributed by atoms with E-state index >= 15 is 0 Å². The molecular weight excluding hydrogens is 128 g/mol. The fourth-order valence-corrected chi connectivity index (χ4v) is 0.464. The van der Waals surface area contributed by atoms with Gasteiger partial charge in [0.1, 0.15) is 0 Å². The third-order valence-corrected chi connectivity index (χ3v) is 0.905. The number of nitrogens with one attached hydrogen (secondary N) is 2. The maximum absolute atomic E-state index is 10.6. The lowest BCUT2D eigenvalue weighted by Gasteiger charge is -1.98. The number of urea groups is 1. The number of amides is 2. The first kappa shape index (κ1) is 9.01. The van der Waals surface area contributed by atoms with Gasteiger partial charge in [0.25, 0.3) is 0 Å². The van der Waals surface area contributed by atoms with Crippen molar-refractivity contribution in [3.05, 3.63) is 12.3 Å². The maximum atomic E-state index is 10.6. The highest BCUT2D eigenvalue weighted by Gasteiger charge is 1.89. The topological polar surface area (TPSA) is 41.1 Å². The van der Waals surface area contributed by atoms with Crippen molar-refractivity contribution < 1.29 is 4.79 Å². The summed E-state index contributed by atoms with van der Waals surface area (Å²) in [7, 11) is 0. The highest BCUT2D eigenvalue weighted by molar-refractivity contribution is 5.74. The zero-order valence-corrected chi connectivity index (χ0v) is 6.48. The van der Waals surface area contributed by atoms with Crippen molar-refractivity contribution in [2.45, 2.75) is 20.3 Å². The molecule has 10 heavy (non-hydrogen) atoms. The van der Waals surface area contributed by atoms with Gasteiger partial charge in [-0.05, 0) is 13.3 Å². The zero-order valence-electron chi connectivity index (χ0n) is 6.48. The standard InChI is InChI=1S/C7H14N2O/c1-3-5-6-9-7(10)8-4-2/h5-6H,3-4H2,1-2H3,(H2,8,9,10)/b6-5+. The lowest BCUT2D eigenvalue weighted by molar-refractivity contribution is 0.244. The van der Waals surface area contributed by atoms with Crippen LogP contribution in [0.4, 0.5) is 4.79 Å². The van der Waals surface area contributed by atoms with Gasteiger partial charge in [-0.25, -0.2) is 4.79 Å². The summed E-state index contributed by atoms with van der Waals surface area (Å²) in [6.07, 6.45) is 4.46. The largest absolute Gasteiger partial charge is 0.338 e. The fourth-order valence-electron chi connectivity index (χ4n) is 0.464. The Morgan fingerprint density at radius 3 is 2.70 bits per heavy atom. The van der Waals surface area contributed by atoms with Gasteiger partial charge in [-0.15, -0.1) is 0 Å². The molecule has 0 spiro atoms. The average Bonchev–Trinajstić information content (AvgIpc) is 1.89. The minimum atomic E-state index is -0.146. The van der Waals surface area contributed by atoms with E-state index in [-0.39, 0.29) is 6.03 Å². The molecular formula is C7H14N2O. The third kappa shape index (κ3) is 5.15. The van der Waals surface area contributed by atoms with Crippen molar-refractivity contribution in [3.63, 3.8) is 0 Å². The highest BCUT2D eigenvalue weighted by Crippen LogP contribution is 1.74. The summed E-state index contributed by atoms with van der Waals surface area (Å²) >= 11 is 0. The SMILES string of the molecule is CC/C=C/NC(=O)NCC. The van der Waals surface area contributed by atoms with Crippen LogP contribution in [0.25, 0.3) is 0 Å². The lowest BCUT2D eigenvalue weighted by Crippen LogP contribution is -2.31. The number of carbonyl (C=O) groups is 1. The fraction of sp³-hybridized carbons (Fsp3) is 0.571. The van der Waals surface area contributed by atoms with E-state index in [1.165, 1.54) is 0 Å². The van der Waals surface area contributed by atoms with Crippen molar-refractivity contribution >= 4 is 6.03 Å². The number of carbonyl (C=O) groups excluding carboxylic acids is 1.